The maximum absolute atomic E-state index is 13.0. The standard InChI is InChI=1S/C16H13BrClFN2O2/c17-11-3-1-2-10(6-11)7-15(22)20-9-16(23)21-12-4-5-14(19)13(18)8-12/h1-6,8H,7,9H2,(H,20,22)(H,21,23). The van der Waals surface area contributed by atoms with Gasteiger partial charge in [-0.05, 0) is 35.9 Å². The van der Waals surface area contributed by atoms with Gasteiger partial charge in [0.05, 0.1) is 18.0 Å². The highest BCUT2D eigenvalue weighted by atomic mass is 79.9. The first kappa shape index (κ1) is 17.4. The number of carbonyl (C=O) groups excluding carboxylic acids is 2. The number of benzene rings is 2. The number of halogens is 3. The fourth-order valence-corrected chi connectivity index (χ4v) is 2.48. The van der Waals surface area contributed by atoms with Crippen molar-refractivity contribution in [3.8, 4) is 0 Å². The third-order valence-corrected chi connectivity index (χ3v) is 3.69. The van der Waals surface area contributed by atoms with Crippen molar-refractivity contribution >= 4 is 45.0 Å². The van der Waals surface area contributed by atoms with Crippen molar-refractivity contribution < 1.29 is 14.0 Å². The molecule has 0 unspecified atom stereocenters. The summed E-state index contributed by atoms with van der Waals surface area (Å²) in [4.78, 5) is 23.6. The molecule has 0 spiro atoms. The van der Waals surface area contributed by atoms with Crippen LogP contribution in [0.5, 0.6) is 0 Å². The number of hydrogen-bond donors (Lipinski definition) is 2. The van der Waals surface area contributed by atoms with Gasteiger partial charge in [0.1, 0.15) is 5.82 Å². The van der Waals surface area contributed by atoms with Crippen LogP contribution >= 0.6 is 27.5 Å². The second-order valence-corrected chi connectivity index (χ2v) is 6.08. The summed E-state index contributed by atoms with van der Waals surface area (Å²) in [6.07, 6.45) is 0.176. The highest BCUT2D eigenvalue weighted by Crippen LogP contribution is 2.19. The Bertz CT molecular complexity index is 740. The lowest BCUT2D eigenvalue weighted by Gasteiger charge is -2.08. The number of anilines is 1. The quantitative estimate of drug-likeness (QED) is 0.808. The number of rotatable bonds is 5. The minimum atomic E-state index is -0.563. The van der Waals surface area contributed by atoms with Crippen LogP contribution in [0.15, 0.2) is 46.9 Å². The molecule has 0 fully saturated rings. The number of hydrogen-bond acceptors (Lipinski definition) is 2. The molecule has 0 saturated carbocycles. The molecule has 0 saturated heterocycles. The van der Waals surface area contributed by atoms with E-state index >= 15 is 0 Å². The molecule has 4 nitrogen and oxygen atoms in total. The van der Waals surface area contributed by atoms with Gasteiger partial charge in [-0.1, -0.05) is 39.7 Å². The molecular weight excluding hydrogens is 387 g/mol. The molecule has 120 valence electrons. The molecule has 0 aliphatic heterocycles. The molecule has 0 radical (unpaired) electrons. The third-order valence-electron chi connectivity index (χ3n) is 2.90. The fourth-order valence-electron chi connectivity index (χ4n) is 1.85. The SMILES string of the molecule is O=C(Cc1cccc(Br)c1)NCC(=O)Nc1ccc(F)c(Cl)c1. The first-order chi connectivity index (χ1) is 10.9. The minimum Gasteiger partial charge on any atom is -0.347 e. The van der Waals surface area contributed by atoms with E-state index in [9.17, 15) is 14.0 Å². The van der Waals surface area contributed by atoms with Crippen LogP contribution in [0.3, 0.4) is 0 Å². The second-order valence-electron chi connectivity index (χ2n) is 4.76. The van der Waals surface area contributed by atoms with Gasteiger partial charge in [-0.3, -0.25) is 9.59 Å². The molecule has 2 N–H and O–H groups in total. The highest BCUT2D eigenvalue weighted by Gasteiger charge is 2.08. The van der Waals surface area contributed by atoms with Crippen LogP contribution in [0, 0.1) is 5.82 Å². The molecular formula is C16H13BrClFN2O2. The average molecular weight is 400 g/mol. The van der Waals surface area contributed by atoms with E-state index in [1.54, 1.807) is 0 Å². The first-order valence-electron chi connectivity index (χ1n) is 6.70. The number of carbonyl (C=O) groups is 2. The summed E-state index contributed by atoms with van der Waals surface area (Å²) in [5.41, 5.74) is 1.20. The molecule has 2 aromatic carbocycles. The van der Waals surface area contributed by atoms with Crippen molar-refractivity contribution in [2.45, 2.75) is 6.42 Å². The summed E-state index contributed by atoms with van der Waals surface area (Å²) in [6.45, 7) is -0.179. The summed E-state index contributed by atoms with van der Waals surface area (Å²) in [5.74, 6) is -1.25. The predicted molar refractivity (Wildman–Crippen MR) is 90.9 cm³/mol. The van der Waals surface area contributed by atoms with Crippen LogP contribution in [0.2, 0.25) is 5.02 Å². The maximum Gasteiger partial charge on any atom is 0.243 e. The Labute approximate surface area is 146 Å². The van der Waals surface area contributed by atoms with Crippen LogP contribution in [-0.2, 0) is 16.0 Å². The summed E-state index contributed by atoms with van der Waals surface area (Å²) in [7, 11) is 0. The van der Waals surface area contributed by atoms with Crippen LogP contribution in [0.25, 0.3) is 0 Å². The first-order valence-corrected chi connectivity index (χ1v) is 7.87. The van der Waals surface area contributed by atoms with Crippen molar-refractivity contribution in [3.63, 3.8) is 0 Å². The normalized spacial score (nSPS) is 10.2. The Morgan fingerprint density at radius 1 is 1.13 bits per heavy atom. The molecule has 2 aromatic rings. The van der Waals surface area contributed by atoms with Crippen molar-refractivity contribution in [3.05, 3.63) is 63.3 Å². The summed E-state index contributed by atoms with van der Waals surface area (Å²) in [6, 6.07) is 11.2. The zero-order chi connectivity index (χ0) is 16.8. The molecule has 0 heterocycles. The van der Waals surface area contributed by atoms with E-state index in [0.29, 0.717) is 5.69 Å². The lowest BCUT2D eigenvalue weighted by atomic mass is 10.1. The van der Waals surface area contributed by atoms with Crippen molar-refractivity contribution in [2.75, 3.05) is 11.9 Å². The van der Waals surface area contributed by atoms with E-state index in [-0.39, 0.29) is 23.9 Å². The molecule has 0 aliphatic carbocycles. The van der Waals surface area contributed by atoms with Gasteiger partial charge >= 0.3 is 0 Å². The van der Waals surface area contributed by atoms with Crippen molar-refractivity contribution in [1.82, 2.24) is 5.32 Å². The van der Waals surface area contributed by atoms with Crippen LogP contribution in [0.1, 0.15) is 5.56 Å². The van der Waals surface area contributed by atoms with Crippen molar-refractivity contribution in [2.24, 2.45) is 0 Å². The zero-order valence-corrected chi connectivity index (χ0v) is 14.2. The Hall–Kier alpha value is -1.92. The van der Waals surface area contributed by atoms with Gasteiger partial charge in [-0.15, -0.1) is 0 Å². The van der Waals surface area contributed by atoms with E-state index in [4.69, 9.17) is 11.6 Å². The van der Waals surface area contributed by atoms with Gasteiger partial charge in [0.25, 0.3) is 0 Å². The van der Waals surface area contributed by atoms with Crippen LogP contribution in [0.4, 0.5) is 10.1 Å². The lowest BCUT2D eigenvalue weighted by molar-refractivity contribution is -0.123. The third kappa shape index (κ3) is 5.65. The number of nitrogens with one attached hydrogen (secondary N) is 2. The average Bonchev–Trinajstić information content (AvgIpc) is 2.49. The fraction of sp³-hybridized carbons (Fsp3) is 0.125. The smallest absolute Gasteiger partial charge is 0.243 e. The zero-order valence-electron chi connectivity index (χ0n) is 11.9. The molecule has 7 heteroatoms. The van der Waals surface area contributed by atoms with Crippen LogP contribution < -0.4 is 10.6 Å². The Balaban J connectivity index is 1.81. The van der Waals surface area contributed by atoms with E-state index in [1.165, 1.54) is 12.1 Å². The Morgan fingerprint density at radius 3 is 2.61 bits per heavy atom. The highest BCUT2D eigenvalue weighted by molar-refractivity contribution is 9.10. The summed E-state index contributed by atoms with van der Waals surface area (Å²) < 4.78 is 13.9. The monoisotopic (exact) mass is 398 g/mol. The van der Waals surface area contributed by atoms with E-state index < -0.39 is 11.7 Å². The minimum absolute atomic E-state index is 0.0820. The lowest BCUT2D eigenvalue weighted by Crippen LogP contribution is -2.33. The van der Waals surface area contributed by atoms with Gasteiger partial charge in [-0.25, -0.2) is 4.39 Å². The topological polar surface area (TPSA) is 58.2 Å². The molecule has 23 heavy (non-hydrogen) atoms. The van der Waals surface area contributed by atoms with Crippen LogP contribution in [-0.4, -0.2) is 18.4 Å². The largest absolute Gasteiger partial charge is 0.347 e. The molecule has 2 amide bonds. The predicted octanol–water partition coefficient (Wildman–Crippen LogP) is 3.54. The van der Waals surface area contributed by atoms with Gasteiger partial charge in [0, 0.05) is 10.2 Å². The van der Waals surface area contributed by atoms with Gasteiger partial charge < -0.3 is 10.6 Å². The molecule has 0 aromatic heterocycles. The van der Waals surface area contributed by atoms with Gasteiger partial charge in [0.15, 0.2) is 0 Å². The van der Waals surface area contributed by atoms with Gasteiger partial charge in [-0.2, -0.15) is 0 Å². The molecule has 0 atom stereocenters. The Kier molecular flexibility index (Phi) is 6.12. The Morgan fingerprint density at radius 2 is 1.91 bits per heavy atom. The summed E-state index contributed by atoms with van der Waals surface area (Å²) in [5, 5.41) is 4.97. The molecule has 0 aliphatic rings. The van der Waals surface area contributed by atoms with E-state index in [0.717, 1.165) is 16.1 Å². The van der Waals surface area contributed by atoms with E-state index in [2.05, 4.69) is 26.6 Å². The van der Waals surface area contributed by atoms with E-state index in [1.807, 2.05) is 24.3 Å². The molecule has 0 bridgehead atoms. The maximum atomic E-state index is 13.0. The summed E-state index contributed by atoms with van der Waals surface area (Å²) >= 11 is 8.96. The molecule has 2 rings (SSSR count). The second kappa shape index (κ2) is 8.08. The van der Waals surface area contributed by atoms with Gasteiger partial charge in [0.2, 0.25) is 11.8 Å². The number of amides is 2. The van der Waals surface area contributed by atoms with Crippen molar-refractivity contribution in [1.29, 1.82) is 0 Å².